The van der Waals surface area contributed by atoms with Crippen molar-refractivity contribution >= 4 is 11.7 Å². The number of anilines is 1. The Balaban J connectivity index is 2.83. The Labute approximate surface area is 83.6 Å². The van der Waals surface area contributed by atoms with E-state index in [0.717, 1.165) is 12.0 Å². The number of hydrogen-bond donors (Lipinski definition) is 2. The van der Waals surface area contributed by atoms with Crippen LogP contribution in [0.15, 0.2) is 24.3 Å². The molecule has 0 bridgehead atoms. The molecule has 76 valence electrons. The van der Waals surface area contributed by atoms with Crippen LogP contribution in [0.25, 0.3) is 0 Å². The molecule has 3 N–H and O–H groups in total. The normalized spacial score (nSPS) is 12.4. The first-order valence-corrected chi connectivity index (χ1v) is 4.70. The molecule has 0 fully saturated rings. The molecule has 0 saturated carbocycles. The van der Waals surface area contributed by atoms with E-state index in [-0.39, 0.29) is 12.3 Å². The predicted octanol–water partition coefficient (Wildman–Crippen LogP) is 2.24. The molecule has 0 radical (unpaired) electrons. The fourth-order valence-electron chi connectivity index (χ4n) is 1.52. The summed E-state index contributed by atoms with van der Waals surface area (Å²) in [6.45, 7) is 1.98. The maximum absolute atomic E-state index is 10.6. The number of carbonyl (C=O) groups is 1. The predicted molar refractivity (Wildman–Crippen MR) is 56.1 cm³/mol. The molecule has 0 saturated heterocycles. The molecular formula is C11H15NO2. The molecule has 1 atom stereocenters. The van der Waals surface area contributed by atoms with Gasteiger partial charge < -0.3 is 10.8 Å². The summed E-state index contributed by atoms with van der Waals surface area (Å²) >= 11 is 0. The van der Waals surface area contributed by atoms with Crippen LogP contribution in [-0.2, 0) is 4.79 Å². The zero-order valence-corrected chi connectivity index (χ0v) is 8.23. The number of nitrogens with two attached hydrogens (primary N) is 1. The topological polar surface area (TPSA) is 63.3 Å². The lowest BCUT2D eigenvalue weighted by Crippen LogP contribution is -2.05. The van der Waals surface area contributed by atoms with Crippen LogP contribution in [0, 0.1) is 0 Å². The quantitative estimate of drug-likeness (QED) is 0.721. The summed E-state index contributed by atoms with van der Waals surface area (Å²) in [6.07, 6.45) is 0.982. The molecule has 0 aliphatic rings. The van der Waals surface area contributed by atoms with Crippen molar-refractivity contribution < 1.29 is 9.90 Å². The molecule has 0 aliphatic heterocycles. The highest BCUT2D eigenvalue weighted by Gasteiger charge is 2.13. The smallest absolute Gasteiger partial charge is 0.303 e. The molecule has 1 aromatic rings. The first-order valence-electron chi connectivity index (χ1n) is 4.70. The Morgan fingerprint density at radius 1 is 1.57 bits per heavy atom. The number of nitrogen functional groups attached to an aromatic ring is 1. The van der Waals surface area contributed by atoms with Gasteiger partial charge in [-0.15, -0.1) is 0 Å². The van der Waals surface area contributed by atoms with Gasteiger partial charge in [0, 0.05) is 5.69 Å². The van der Waals surface area contributed by atoms with E-state index >= 15 is 0 Å². The van der Waals surface area contributed by atoms with E-state index in [2.05, 4.69) is 0 Å². The lowest BCUT2D eigenvalue weighted by molar-refractivity contribution is -0.137. The van der Waals surface area contributed by atoms with Gasteiger partial charge in [0.05, 0.1) is 6.42 Å². The van der Waals surface area contributed by atoms with Crippen LogP contribution in [0.4, 0.5) is 5.69 Å². The number of carboxylic acids is 1. The second-order valence-corrected chi connectivity index (χ2v) is 3.37. The van der Waals surface area contributed by atoms with E-state index in [4.69, 9.17) is 10.8 Å². The van der Waals surface area contributed by atoms with Crippen LogP contribution >= 0.6 is 0 Å². The minimum Gasteiger partial charge on any atom is -0.481 e. The second kappa shape index (κ2) is 4.65. The molecule has 1 unspecified atom stereocenters. The Morgan fingerprint density at radius 2 is 2.29 bits per heavy atom. The third-order valence-corrected chi connectivity index (χ3v) is 2.30. The lowest BCUT2D eigenvalue weighted by atomic mass is 9.93. The van der Waals surface area contributed by atoms with Crippen molar-refractivity contribution in [1.82, 2.24) is 0 Å². The van der Waals surface area contributed by atoms with E-state index in [1.165, 1.54) is 0 Å². The van der Waals surface area contributed by atoms with Crippen molar-refractivity contribution in [2.75, 3.05) is 5.73 Å². The van der Waals surface area contributed by atoms with Crippen LogP contribution in [0.3, 0.4) is 0 Å². The minimum atomic E-state index is -0.765. The zero-order chi connectivity index (χ0) is 10.6. The maximum Gasteiger partial charge on any atom is 0.303 e. The van der Waals surface area contributed by atoms with Gasteiger partial charge in [0.1, 0.15) is 0 Å². The van der Waals surface area contributed by atoms with Crippen LogP contribution < -0.4 is 5.73 Å². The molecule has 1 rings (SSSR count). The van der Waals surface area contributed by atoms with E-state index < -0.39 is 5.97 Å². The van der Waals surface area contributed by atoms with Crippen molar-refractivity contribution in [1.29, 1.82) is 0 Å². The number of aliphatic carboxylic acids is 1. The molecule has 0 aromatic heterocycles. The van der Waals surface area contributed by atoms with Crippen molar-refractivity contribution in [2.24, 2.45) is 0 Å². The highest BCUT2D eigenvalue weighted by Crippen LogP contribution is 2.24. The fraction of sp³-hybridized carbons (Fsp3) is 0.364. The van der Waals surface area contributed by atoms with Crippen LogP contribution in [0.5, 0.6) is 0 Å². The molecule has 3 heteroatoms. The van der Waals surface area contributed by atoms with E-state index in [1.807, 2.05) is 25.1 Å². The van der Waals surface area contributed by atoms with Crippen molar-refractivity contribution in [3.05, 3.63) is 29.8 Å². The van der Waals surface area contributed by atoms with Gasteiger partial charge in [0.15, 0.2) is 0 Å². The van der Waals surface area contributed by atoms with E-state index in [9.17, 15) is 4.79 Å². The van der Waals surface area contributed by atoms with Gasteiger partial charge in [0.2, 0.25) is 0 Å². The zero-order valence-electron chi connectivity index (χ0n) is 8.23. The Bertz CT molecular complexity index is 323. The number of hydrogen-bond acceptors (Lipinski definition) is 2. The van der Waals surface area contributed by atoms with Crippen molar-refractivity contribution in [2.45, 2.75) is 25.7 Å². The van der Waals surface area contributed by atoms with Gasteiger partial charge in [-0.1, -0.05) is 19.1 Å². The summed E-state index contributed by atoms with van der Waals surface area (Å²) < 4.78 is 0. The summed E-state index contributed by atoms with van der Waals surface area (Å²) in [5.41, 5.74) is 7.33. The van der Waals surface area contributed by atoms with Gasteiger partial charge in [-0.3, -0.25) is 4.79 Å². The summed E-state index contributed by atoms with van der Waals surface area (Å²) in [5, 5.41) is 8.71. The minimum absolute atomic E-state index is 0.0657. The van der Waals surface area contributed by atoms with Crippen molar-refractivity contribution in [3.63, 3.8) is 0 Å². The number of rotatable bonds is 4. The summed E-state index contributed by atoms with van der Waals surface area (Å²) in [6, 6.07) is 7.43. The first kappa shape index (κ1) is 10.6. The van der Waals surface area contributed by atoms with Gasteiger partial charge >= 0.3 is 5.97 Å². The molecular weight excluding hydrogens is 178 g/mol. The third-order valence-electron chi connectivity index (χ3n) is 2.30. The molecule has 0 aliphatic carbocycles. The average Bonchev–Trinajstić information content (AvgIpc) is 2.14. The van der Waals surface area contributed by atoms with Crippen molar-refractivity contribution in [3.8, 4) is 0 Å². The number of carboxylic acid groups (broad SMARTS) is 1. The monoisotopic (exact) mass is 193 g/mol. The Hall–Kier alpha value is -1.51. The SMILES string of the molecule is CCC(CC(=O)O)c1cccc(N)c1. The molecule has 3 nitrogen and oxygen atoms in total. The van der Waals surface area contributed by atoms with Gasteiger partial charge in [-0.25, -0.2) is 0 Å². The van der Waals surface area contributed by atoms with Crippen LogP contribution in [0.2, 0.25) is 0 Å². The van der Waals surface area contributed by atoms with Gasteiger partial charge in [-0.2, -0.15) is 0 Å². The Morgan fingerprint density at radius 3 is 2.79 bits per heavy atom. The maximum atomic E-state index is 10.6. The number of benzene rings is 1. The average molecular weight is 193 g/mol. The lowest BCUT2D eigenvalue weighted by Gasteiger charge is -2.12. The molecule has 0 spiro atoms. The van der Waals surface area contributed by atoms with Crippen LogP contribution in [-0.4, -0.2) is 11.1 Å². The molecule has 14 heavy (non-hydrogen) atoms. The van der Waals surface area contributed by atoms with Gasteiger partial charge in [0.25, 0.3) is 0 Å². The van der Waals surface area contributed by atoms with Gasteiger partial charge in [-0.05, 0) is 30.0 Å². The largest absolute Gasteiger partial charge is 0.481 e. The van der Waals surface area contributed by atoms with Crippen LogP contribution in [0.1, 0.15) is 31.2 Å². The first-order chi connectivity index (χ1) is 6.63. The molecule has 1 aromatic carbocycles. The summed E-state index contributed by atoms with van der Waals surface area (Å²) in [5.74, 6) is -0.699. The molecule has 0 amide bonds. The Kier molecular flexibility index (Phi) is 3.51. The summed E-state index contributed by atoms with van der Waals surface area (Å²) in [7, 11) is 0. The highest BCUT2D eigenvalue weighted by atomic mass is 16.4. The second-order valence-electron chi connectivity index (χ2n) is 3.37. The fourth-order valence-corrected chi connectivity index (χ4v) is 1.52. The van der Waals surface area contributed by atoms with E-state index in [1.54, 1.807) is 6.07 Å². The van der Waals surface area contributed by atoms with E-state index in [0.29, 0.717) is 5.69 Å². The standard InChI is InChI=1S/C11H15NO2/c1-2-8(7-11(13)14)9-4-3-5-10(12)6-9/h3-6,8H,2,7,12H2,1H3,(H,13,14). The molecule has 0 heterocycles. The highest BCUT2D eigenvalue weighted by molar-refractivity contribution is 5.68. The summed E-state index contributed by atoms with van der Waals surface area (Å²) in [4.78, 5) is 10.6. The third kappa shape index (κ3) is 2.76.